The SMILES string of the molecule is CNC(=O)C(C)(C)CN[C@H]1C[C@H]2C[C@@H]1[C@H]1CCC[C@H]21. The lowest BCUT2D eigenvalue weighted by Crippen LogP contribution is -2.47. The average Bonchev–Trinajstić information content (AvgIpc) is 3.06. The first-order valence-electron chi connectivity index (χ1n) is 7.98. The number of hydrogen-bond donors (Lipinski definition) is 2. The van der Waals surface area contributed by atoms with Crippen LogP contribution < -0.4 is 10.6 Å². The van der Waals surface area contributed by atoms with E-state index in [1.807, 2.05) is 13.8 Å². The smallest absolute Gasteiger partial charge is 0.226 e. The summed E-state index contributed by atoms with van der Waals surface area (Å²) < 4.78 is 0. The zero-order valence-electron chi connectivity index (χ0n) is 12.5. The van der Waals surface area contributed by atoms with E-state index in [2.05, 4.69) is 10.6 Å². The van der Waals surface area contributed by atoms with Crippen LogP contribution in [0, 0.1) is 29.1 Å². The van der Waals surface area contributed by atoms with Crippen molar-refractivity contribution < 1.29 is 4.79 Å². The van der Waals surface area contributed by atoms with Gasteiger partial charge in [0.25, 0.3) is 0 Å². The van der Waals surface area contributed by atoms with Crippen molar-refractivity contribution in [1.29, 1.82) is 0 Å². The maximum absolute atomic E-state index is 11.8. The molecule has 3 aliphatic rings. The Morgan fingerprint density at radius 3 is 2.63 bits per heavy atom. The van der Waals surface area contributed by atoms with Crippen LogP contribution in [0.5, 0.6) is 0 Å². The minimum absolute atomic E-state index is 0.141. The molecule has 2 N–H and O–H groups in total. The zero-order chi connectivity index (χ0) is 13.6. The van der Waals surface area contributed by atoms with Crippen LogP contribution in [0.15, 0.2) is 0 Å². The molecule has 0 aliphatic heterocycles. The highest BCUT2D eigenvalue weighted by molar-refractivity contribution is 5.81. The number of carbonyl (C=O) groups excluding carboxylic acids is 1. The Labute approximate surface area is 116 Å². The van der Waals surface area contributed by atoms with E-state index in [0.29, 0.717) is 6.04 Å². The van der Waals surface area contributed by atoms with Crippen molar-refractivity contribution in [2.45, 2.75) is 52.0 Å². The molecule has 108 valence electrons. The quantitative estimate of drug-likeness (QED) is 0.817. The molecule has 3 saturated carbocycles. The van der Waals surface area contributed by atoms with Gasteiger partial charge in [-0.25, -0.2) is 0 Å². The third-order valence-electron chi connectivity index (χ3n) is 6.08. The minimum atomic E-state index is -0.300. The first-order chi connectivity index (χ1) is 9.03. The Balaban J connectivity index is 1.56. The summed E-state index contributed by atoms with van der Waals surface area (Å²) in [7, 11) is 1.73. The summed E-state index contributed by atoms with van der Waals surface area (Å²) in [6.07, 6.45) is 7.22. The number of fused-ring (bicyclic) bond motifs is 5. The van der Waals surface area contributed by atoms with Crippen molar-refractivity contribution in [1.82, 2.24) is 10.6 Å². The molecule has 0 aromatic rings. The van der Waals surface area contributed by atoms with Crippen molar-refractivity contribution in [3.63, 3.8) is 0 Å². The summed E-state index contributed by atoms with van der Waals surface area (Å²) >= 11 is 0. The highest BCUT2D eigenvalue weighted by atomic mass is 16.2. The van der Waals surface area contributed by atoms with E-state index < -0.39 is 0 Å². The van der Waals surface area contributed by atoms with E-state index in [1.54, 1.807) is 7.05 Å². The topological polar surface area (TPSA) is 41.1 Å². The van der Waals surface area contributed by atoms with Crippen LogP contribution >= 0.6 is 0 Å². The average molecular weight is 264 g/mol. The molecular formula is C16H28N2O. The van der Waals surface area contributed by atoms with Gasteiger partial charge in [-0.1, -0.05) is 6.42 Å². The second-order valence-corrected chi connectivity index (χ2v) is 7.60. The van der Waals surface area contributed by atoms with Gasteiger partial charge in [-0.05, 0) is 63.2 Å². The van der Waals surface area contributed by atoms with Gasteiger partial charge in [-0.2, -0.15) is 0 Å². The molecule has 2 bridgehead atoms. The fourth-order valence-corrected chi connectivity index (χ4v) is 5.11. The van der Waals surface area contributed by atoms with Crippen LogP contribution in [0.2, 0.25) is 0 Å². The molecule has 3 nitrogen and oxygen atoms in total. The highest BCUT2D eigenvalue weighted by Crippen LogP contribution is 2.58. The lowest BCUT2D eigenvalue weighted by molar-refractivity contribution is -0.128. The van der Waals surface area contributed by atoms with Gasteiger partial charge in [-0.3, -0.25) is 4.79 Å². The van der Waals surface area contributed by atoms with Crippen LogP contribution in [-0.4, -0.2) is 25.5 Å². The Morgan fingerprint density at radius 1 is 1.16 bits per heavy atom. The van der Waals surface area contributed by atoms with Gasteiger partial charge < -0.3 is 10.6 Å². The molecule has 3 fully saturated rings. The van der Waals surface area contributed by atoms with Crippen LogP contribution in [0.25, 0.3) is 0 Å². The van der Waals surface area contributed by atoms with Crippen molar-refractivity contribution >= 4 is 5.91 Å². The maximum Gasteiger partial charge on any atom is 0.226 e. The van der Waals surface area contributed by atoms with E-state index in [0.717, 1.165) is 30.2 Å². The first kappa shape index (κ1) is 13.4. The van der Waals surface area contributed by atoms with E-state index in [-0.39, 0.29) is 11.3 Å². The number of nitrogens with one attached hydrogen (secondary N) is 2. The molecule has 3 aliphatic carbocycles. The Morgan fingerprint density at radius 2 is 1.89 bits per heavy atom. The summed E-state index contributed by atoms with van der Waals surface area (Å²) in [5.41, 5.74) is -0.300. The van der Waals surface area contributed by atoms with Gasteiger partial charge in [0.15, 0.2) is 0 Å². The van der Waals surface area contributed by atoms with Crippen molar-refractivity contribution in [3.05, 3.63) is 0 Å². The highest BCUT2D eigenvalue weighted by Gasteiger charge is 2.53. The summed E-state index contributed by atoms with van der Waals surface area (Å²) in [6.45, 7) is 4.87. The molecule has 0 aromatic carbocycles. The molecule has 0 aromatic heterocycles. The minimum Gasteiger partial charge on any atom is -0.359 e. The summed E-state index contributed by atoms with van der Waals surface area (Å²) in [4.78, 5) is 11.8. The zero-order valence-corrected chi connectivity index (χ0v) is 12.5. The number of hydrogen-bond acceptors (Lipinski definition) is 2. The molecule has 3 rings (SSSR count). The molecule has 0 unspecified atom stereocenters. The van der Waals surface area contributed by atoms with Crippen LogP contribution in [0.4, 0.5) is 0 Å². The summed E-state index contributed by atoms with van der Waals surface area (Å²) in [6, 6.07) is 0.674. The first-order valence-corrected chi connectivity index (χ1v) is 7.98. The molecule has 0 saturated heterocycles. The largest absolute Gasteiger partial charge is 0.359 e. The van der Waals surface area contributed by atoms with Gasteiger partial charge in [0, 0.05) is 19.6 Å². The van der Waals surface area contributed by atoms with Crippen molar-refractivity contribution in [2.24, 2.45) is 29.1 Å². The fraction of sp³-hybridized carbons (Fsp3) is 0.938. The predicted molar refractivity (Wildman–Crippen MR) is 76.7 cm³/mol. The van der Waals surface area contributed by atoms with Gasteiger partial charge in [0.2, 0.25) is 5.91 Å². The van der Waals surface area contributed by atoms with Crippen molar-refractivity contribution in [3.8, 4) is 0 Å². The Hall–Kier alpha value is -0.570. The third kappa shape index (κ3) is 2.20. The molecule has 3 heteroatoms. The predicted octanol–water partition coefficient (Wildman–Crippen LogP) is 2.17. The Bertz CT molecular complexity index is 366. The van der Waals surface area contributed by atoms with Crippen molar-refractivity contribution in [2.75, 3.05) is 13.6 Å². The molecule has 5 atom stereocenters. The molecule has 0 spiro atoms. The van der Waals surface area contributed by atoms with Crippen LogP contribution in [0.3, 0.4) is 0 Å². The summed E-state index contributed by atoms with van der Waals surface area (Å²) in [5.74, 6) is 4.08. The normalized spacial score (nSPS) is 40.5. The monoisotopic (exact) mass is 264 g/mol. The number of rotatable bonds is 4. The third-order valence-corrected chi connectivity index (χ3v) is 6.08. The van der Waals surface area contributed by atoms with Gasteiger partial charge in [0.05, 0.1) is 5.41 Å². The molecular weight excluding hydrogens is 236 g/mol. The van der Waals surface area contributed by atoms with E-state index in [1.165, 1.54) is 32.1 Å². The van der Waals surface area contributed by atoms with E-state index >= 15 is 0 Å². The second kappa shape index (κ2) is 4.76. The second-order valence-electron chi connectivity index (χ2n) is 7.60. The molecule has 1 amide bonds. The van der Waals surface area contributed by atoms with E-state index in [9.17, 15) is 4.79 Å². The fourth-order valence-electron chi connectivity index (χ4n) is 5.11. The standard InChI is InChI=1S/C16H28N2O/c1-16(2,15(19)17-3)9-18-14-8-10-7-13(14)12-6-4-5-11(10)12/h10-14,18H,4-9H2,1-3H3,(H,17,19)/t10-,11-,12+,13-,14+/m1/s1. The van der Waals surface area contributed by atoms with Gasteiger partial charge >= 0.3 is 0 Å². The van der Waals surface area contributed by atoms with Crippen LogP contribution in [-0.2, 0) is 4.79 Å². The van der Waals surface area contributed by atoms with Gasteiger partial charge in [0.1, 0.15) is 0 Å². The molecule has 0 heterocycles. The van der Waals surface area contributed by atoms with E-state index in [4.69, 9.17) is 0 Å². The number of amides is 1. The summed E-state index contributed by atoms with van der Waals surface area (Å²) in [5, 5.41) is 6.49. The Kier molecular flexibility index (Phi) is 3.36. The lowest BCUT2D eigenvalue weighted by atomic mass is 9.78. The molecule has 0 radical (unpaired) electrons. The van der Waals surface area contributed by atoms with Crippen LogP contribution in [0.1, 0.15) is 46.0 Å². The maximum atomic E-state index is 11.8. The lowest BCUT2D eigenvalue weighted by Gasteiger charge is -2.34. The molecule has 19 heavy (non-hydrogen) atoms. The number of carbonyl (C=O) groups is 1. The van der Waals surface area contributed by atoms with Gasteiger partial charge in [-0.15, -0.1) is 0 Å².